The van der Waals surface area contributed by atoms with Crippen molar-refractivity contribution in [1.82, 2.24) is 0 Å². The molecule has 0 N–H and O–H groups in total. The lowest BCUT2D eigenvalue weighted by Gasteiger charge is -2.27. The fourth-order valence-electron chi connectivity index (χ4n) is 8.86. The summed E-state index contributed by atoms with van der Waals surface area (Å²) in [6.45, 7) is 0. The van der Waals surface area contributed by atoms with Crippen molar-refractivity contribution in [2.75, 3.05) is 4.90 Å². The van der Waals surface area contributed by atoms with E-state index in [0.29, 0.717) is 0 Å². The first-order chi connectivity index (χ1) is 27.2. The standard InChI is InChI=1S/C52H31NS2/c1-2-12-40-32(9-1)19-20-33-21-22-34-23-24-36-30-38(25-27-41(36)51(34)50(33)40)53(39-26-28-45-43-13-3-5-17-47(43)54-49(45)31-39)37-11-7-10-35(29-37)42-15-8-16-46-44-14-4-6-18-48(44)55-52(42)46/h1-31H. The third kappa shape index (κ3) is 4.77. The van der Waals surface area contributed by atoms with Gasteiger partial charge in [0.2, 0.25) is 0 Å². The molecule has 0 atom stereocenters. The van der Waals surface area contributed by atoms with Crippen molar-refractivity contribution in [3.63, 3.8) is 0 Å². The number of rotatable bonds is 4. The van der Waals surface area contributed by atoms with Crippen LogP contribution in [0.2, 0.25) is 0 Å². The highest BCUT2D eigenvalue weighted by Gasteiger charge is 2.18. The van der Waals surface area contributed by atoms with Crippen molar-refractivity contribution in [1.29, 1.82) is 0 Å². The Morgan fingerprint density at radius 3 is 1.65 bits per heavy atom. The van der Waals surface area contributed by atoms with Gasteiger partial charge in [0.25, 0.3) is 0 Å². The molecule has 0 spiro atoms. The van der Waals surface area contributed by atoms with Crippen molar-refractivity contribution < 1.29 is 0 Å². The number of benzene rings is 10. The predicted molar refractivity (Wildman–Crippen MR) is 242 cm³/mol. The molecule has 0 aliphatic rings. The van der Waals surface area contributed by atoms with Crippen molar-refractivity contribution in [2.24, 2.45) is 0 Å². The zero-order chi connectivity index (χ0) is 36.0. The van der Waals surface area contributed by atoms with E-state index >= 15 is 0 Å². The normalized spacial score (nSPS) is 12.0. The van der Waals surface area contributed by atoms with Gasteiger partial charge in [-0.25, -0.2) is 0 Å². The minimum atomic E-state index is 1.13. The van der Waals surface area contributed by atoms with Gasteiger partial charge in [-0.2, -0.15) is 0 Å². The molecule has 3 heteroatoms. The van der Waals surface area contributed by atoms with Crippen molar-refractivity contribution in [3.05, 3.63) is 188 Å². The summed E-state index contributed by atoms with van der Waals surface area (Å²) in [5, 5.41) is 15.5. The van der Waals surface area contributed by atoms with Gasteiger partial charge >= 0.3 is 0 Å². The van der Waals surface area contributed by atoms with Gasteiger partial charge in [-0.05, 0) is 103 Å². The molecule has 0 unspecified atom stereocenters. The fraction of sp³-hybridized carbons (Fsp3) is 0. The minimum absolute atomic E-state index is 1.13. The molecule has 2 aromatic heterocycles. The maximum Gasteiger partial charge on any atom is 0.0476 e. The van der Waals surface area contributed by atoms with Gasteiger partial charge < -0.3 is 4.90 Å². The Morgan fingerprint density at radius 2 is 0.855 bits per heavy atom. The Balaban J connectivity index is 1.09. The minimum Gasteiger partial charge on any atom is -0.310 e. The summed E-state index contributed by atoms with van der Waals surface area (Å²) in [6.07, 6.45) is 0. The second kappa shape index (κ2) is 12.0. The molecule has 0 amide bonds. The Kier molecular flexibility index (Phi) is 6.74. The van der Waals surface area contributed by atoms with Gasteiger partial charge in [-0.15, -0.1) is 22.7 Å². The van der Waals surface area contributed by atoms with Crippen LogP contribution in [0.1, 0.15) is 0 Å². The molecule has 0 radical (unpaired) electrons. The molecule has 0 saturated heterocycles. The first kappa shape index (κ1) is 30.9. The number of thiophene rings is 2. The van der Waals surface area contributed by atoms with Crippen LogP contribution in [-0.4, -0.2) is 0 Å². The molecule has 2 heterocycles. The van der Waals surface area contributed by atoms with Gasteiger partial charge in [0.1, 0.15) is 0 Å². The van der Waals surface area contributed by atoms with E-state index in [0.717, 1.165) is 17.1 Å². The summed E-state index contributed by atoms with van der Waals surface area (Å²) in [5.41, 5.74) is 5.90. The largest absolute Gasteiger partial charge is 0.310 e. The summed E-state index contributed by atoms with van der Waals surface area (Å²) >= 11 is 3.75. The monoisotopic (exact) mass is 733 g/mol. The number of anilines is 3. The number of nitrogens with zero attached hydrogens (tertiary/aromatic N) is 1. The highest BCUT2D eigenvalue weighted by Crippen LogP contribution is 2.45. The molecular formula is C52H31NS2. The molecule has 0 aliphatic carbocycles. The first-order valence-corrected chi connectivity index (χ1v) is 20.4. The number of hydrogen-bond donors (Lipinski definition) is 0. The lowest BCUT2D eigenvalue weighted by Crippen LogP contribution is -2.10. The van der Waals surface area contributed by atoms with E-state index in [-0.39, 0.29) is 0 Å². The van der Waals surface area contributed by atoms with Crippen molar-refractivity contribution >= 4 is 123 Å². The molecule has 0 aliphatic heterocycles. The molecule has 0 bridgehead atoms. The predicted octanol–water partition coefficient (Wildman–Crippen LogP) is 16.2. The lowest BCUT2D eigenvalue weighted by molar-refractivity contribution is 1.30. The van der Waals surface area contributed by atoms with Crippen molar-refractivity contribution in [3.8, 4) is 11.1 Å². The molecule has 256 valence electrons. The summed E-state index contributed by atoms with van der Waals surface area (Å²) < 4.78 is 5.26. The Morgan fingerprint density at radius 1 is 0.309 bits per heavy atom. The maximum absolute atomic E-state index is 2.44. The lowest BCUT2D eigenvalue weighted by atomic mass is 9.93. The Hall–Kier alpha value is -6.52. The molecular weight excluding hydrogens is 703 g/mol. The Bertz CT molecular complexity index is 3510. The van der Waals surface area contributed by atoms with Crippen LogP contribution >= 0.6 is 22.7 Å². The van der Waals surface area contributed by atoms with Crippen LogP contribution in [0.15, 0.2) is 188 Å². The van der Waals surface area contributed by atoms with Gasteiger partial charge in [-0.1, -0.05) is 140 Å². The van der Waals surface area contributed by atoms with Crippen molar-refractivity contribution in [2.45, 2.75) is 0 Å². The van der Waals surface area contributed by atoms with E-state index in [4.69, 9.17) is 0 Å². The quantitative estimate of drug-likeness (QED) is 0.163. The average molecular weight is 734 g/mol. The van der Waals surface area contributed by atoms with E-state index in [2.05, 4.69) is 193 Å². The SMILES string of the molecule is c1cc(-c2cccc3c2sc2ccccc23)cc(N(c2ccc3c(ccc4ccc5ccc6ccccc6c5c43)c2)c2ccc3c(c2)sc2ccccc23)c1. The number of fused-ring (bicyclic) bond motifs is 13. The second-order valence-corrected chi connectivity index (χ2v) is 16.6. The van der Waals surface area contributed by atoms with Crippen LogP contribution in [0.3, 0.4) is 0 Å². The summed E-state index contributed by atoms with van der Waals surface area (Å²) in [4.78, 5) is 2.44. The average Bonchev–Trinajstić information content (AvgIpc) is 3.81. The van der Waals surface area contributed by atoms with E-state index in [1.807, 2.05) is 22.7 Å². The molecule has 10 aromatic carbocycles. The Labute approximate surface area is 325 Å². The van der Waals surface area contributed by atoms with Gasteiger partial charge in [0.15, 0.2) is 0 Å². The van der Waals surface area contributed by atoms with Gasteiger partial charge in [0, 0.05) is 57.4 Å². The third-order valence-electron chi connectivity index (χ3n) is 11.4. The van der Waals surface area contributed by atoms with E-state index in [1.165, 1.54) is 94.6 Å². The van der Waals surface area contributed by atoms with Crippen LogP contribution < -0.4 is 4.90 Å². The zero-order valence-corrected chi connectivity index (χ0v) is 31.3. The summed E-state index contributed by atoms with van der Waals surface area (Å²) in [6, 6.07) is 69.8. The molecule has 12 aromatic rings. The fourth-order valence-corrected chi connectivity index (χ4v) is 11.2. The summed E-state index contributed by atoms with van der Waals surface area (Å²) in [5.74, 6) is 0. The van der Waals surface area contributed by atoms with Gasteiger partial charge in [0.05, 0.1) is 0 Å². The molecule has 1 nitrogen and oxygen atoms in total. The topological polar surface area (TPSA) is 3.24 Å². The van der Waals surface area contributed by atoms with E-state index < -0.39 is 0 Å². The highest BCUT2D eigenvalue weighted by molar-refractivity contribution is 7.26. The number of hydrogen-bond acceptors (Lipinski definition) is 3. The van der Waals surface area contributed by atoms with E-state index in [9.17, 15) is 0 Å². The molecule has 0 saturated carbocycles. The zero-order valence-electron chi connectivity index (χ0n) is 29.7. The highest BCUT2D eigenvalue weighted by atomic mass is 32.1. The first-order valence-electron chi connectivity index (χ1n) is 18.7. The molecule has 12 rings (SSSR count). The van der Waals surface area contributed by atoms with Crippen LogP contribution in [-0.2, 0) is 0 Å². The molecule has 0 fully saturated rings. The van der Waals surface area contributed by atoms with Crippen LogP contribution in [0.5, 0.6) is 0 Å². The van der Waals surface area contributed by atoms with E-state index in [1.54, 1.807) is 0 Å². The summed E-state index contributed by atoms with van der Waals surface area (Å²) in [7, 11) is 0. The second-order valence-electron chi connectivity index (χ2n) is 14.5. The smallest absolute Gasteiger partial charge is 0.0476 e. The third-order valence-corrected chi connectivity index (χ3v) is 13.7. The molecule has 55 heavy (non-hydrogen) atoms. The van der Waals surface area contributed by atoms with Crippen LogP contribution in [0.4, 0.5) is 17.1 Å². The van der Waals surface area contributed by atoms with Crippen LogP contribution in [0, 0.1) is 0 Å². The van der Waals surface area contributed by atoms with Crippen LogP contribution in [0.25, 0.3) is 94.6 Å². The maximum atomic E-state index is 2.44. The van der Waals surface area contributed by atoms with Gasteiger partial charge in [-0.3, -0.25) is 0 Å².